The molecule has 0 heterocycles. The van der Waals surface area contributed by atoms with Gasteiger partial charge in [0.25, 0.3) is 0 Å². The molecule has 0 amide bonds. The van der Waals surface area contributed by atoms with E-state index in [0.717, 1.165) is 6.42 Å². The minimum atomic E-state index is -0.788. The molecule has 1 atom stereocenters. The number of carbonyl (C=O) groups is 4. The maximum absolute atomic E-state index is 12.6. The lowest BCUT2D eigenvalue weighted by Gasteiger charge is -2.21. The van der Waals surface area contributed by atoms with Crippen molar-refractivity contribution in [3.8, 4) is 11.5 Å². The highest BCUT2D eigenvalue weighted by molar-refractivity contribution is 5.81. The van der Waals surface area contributed by atoms with Gasteiger partial charge in [0, 0.05) is 13.0 Å². The quantitative estimate of drug-likeness (QED) is 0.245. The largest absolute Gasteiger partial charge is 0.468 e. The first-order valence-electron chi connectivity index (χ1n) is 12.6. The van der Waals surface area contributed by atoms with Gasteiger partial charge in [-0.25, -0.2) is 0 Å². The Bertz CT molecular complexity index is 940. The molecule has 0 saturated carbocycles. The van der Waals surface area contributed by atoms with Crippen LogP contribution in [0.2, 0.25) is 0 Å². The average Bonchev–Trinajstić information content (AvgIpc) is 2.79. The van der Waals surface area contributed by atoms with E-state index in [1.54, 1.807) is 53.7 Å². The van der Waals surface area contributed by atoms with Gasteiger partial charge >= 0.3 is 23.9 Å². The van der Waals surface area contributed by atoms with E-state index in [-0.39, 0.29) is 37.0 Å². The molecule has 0 aliphatic heterocycles. The second kappa shape index (κ2) is 14.1. The van der Waals surface area contributed by atoms with Crippen molar-refractivity contribution >= 4 is 23.9 Å². The molecule has 0 radical (unpaired) electrons. The first-order chi connectivity index (χ1) is 17.0. The summed E-state index contributed by atoms with van der Waals surface area (Å²) in [5, 5.41) is 3.05. The minimum absolute atomic E-state index is 0.0812. The fourth-order valence-electron chi connectivity index (χ4n) is 2.84. The second-order valence-corrected chi connectivity index (χ2v) is 11.4. The molecule has 0 aliphatic carbocycles. The van der Waals surface area contributed by atoms with Gasteiger partial charge in [-0.05, 0) is 78.0 Å². The second-order valence-electron chi connectivity index (χ2n) is 11.4. The van der Waals surface area contributed by atoms with Gasteiger partial charge in [0.1, 0.15) is 12.6 Å². The topological polar surface area (TPSA) is 117 Å². The van der Waals surface area contributed by atoms with E-state index in [2.05, 4.69) is 5.32 Å². The summed E-state index contributed by atoms with van der Waals surface area (Å²) in [6.07, 6.45) is 1.29. The van der Waals surface area contributed by atoms with Crippen molar-refractivity contribution < 1.29 is 38.1 Å². The van der Waals surface area contributed by atoms with E-state index in [4.69, 9.17) is 18.9 Å². The molecule has 0 saturated heterocycles. The van der Waals surface area contributed by atoms with Crippen molar-refractivity contribution in [2.45, 2.75) is 80.7 Å². The predicted octanol–water partition coefficient (Wildman–Crippen LogP) is 4.24. The number of rotatable bonds is 12. The summed E-state index contributed by atoms with van der Waals surface area (Å²) >= 11 is 0. The summed E-state index contributed by atoms with van der Waals surface area (Å²) < 4.78 is 21.2. The molecule has 1 aromatic carbocycles. The Labute approximate surface area is 220 Å². The Hall–Kier alpha value is -2.94. The van der Waals surface area contributed by atoms with Crippen molar-refractivity contribution in [3.05, 3.63) is 23.8 Å². The molecule has 9 nitrogen and oxygen atoms in total. The van der Waals surface area contributed by atoms with E-state index >= 15 is 0 Å². The number of ether oxygens (including phenoxy) is 4. The van der Waals surface area contributed by atoms with Crippen molar-refractivity contribution in [1.29, 1.82) is 0 Å². The zero-order valence-electron chi connectivity index (χ0n) is 23.7. The molecule has 1 N–H and O–H groups in total. The Balaban J connectivity index is 3.02. The van der Waals surface area contributed by atoms with E-state index in [1.807, 2.05) is 13.8 Å². The lowest BCUT2D eigenvalue weighted by Crippen LogP contribution is -2.41. The Morgan fingerprint density at radius 3 is 1.97 bits per heavy atom. The SMILES string of the molecule is COC(=O)[C@H](Cc1ccc(OC(=O)C(C)(C)C)c(OC(=O)C(C)(C)C)c1)NCCOC(=O)CCC(C)C. The number of esters is 4. The van der Waals surface area contributed by atoms with Gasteiger partial charge in [-0.15, -0.1) is 0 Å². The van der Waals surface area contributed by atoms with Crippen molar-refractivity contribution in [3.63, 3.8) is 0 Å². The lowest BCUT2D eigenvalue weighted by molar-refractivity contribution is -0.145. The number of carbonyl (C=O) groups excluding carboxylic acids is 4. The molecule has 0 aromatic heterocycles. The summed E-state index contributed by atoms with van der Waals surface area (Å²) in [6, 6.07) is 4.05. The van der Waals surface area contributed by atoms with Gasteiger partial charge in [-0.2, -0.15) is 0 Å². The van der Waals surface area contributed by atoms with Crippen LogP contribution in [-0.2, 0) is 35.1 Å². The molecule has 0 aliphatic rings. The molecule has 208 valence electrons. The van der Waals surface area contributed by atoms with Crippen molar-refractivity contribution in [2.24, 2.45) is 16.7 Å². The first kappa shape index (κ1) is 32.1. The standard InChI is InChI=1S/C28H43NO8/c1-18(2)10-13-23(30)35-15-14-29-20(24(31)34-9)16-19-11-12-21(36-25(32)27(3,4)5)22(17-19)37-26(33)28(6,7)8/h11-12,17-18,20,29H,10,13-16H2,1-9H3/t20-/m0/s1. The fourth-order valence-corrected chi connectivity index (χ4v) is 2.84. The number of methoxy groups -OCH3 is 1. The first-order valence-corrected chi connectivity index (χ1v) is 12.6. The van der Waals surface area contributed by atoms with Gasteiger partial charge < -0.3 is 24.3 Å². The highest BCUT2D eigenvalue weighted by Crippen LogP contribution is 2.33. The zero-order chi connectivity index (χ0) is 28.4. The molecule has 1 aromatic rings. The van der Waals surface area contributed by atoms with E-state index < -0.39 is 34.8 Å². The smallest absolute Gasteiger partial charge is 0.323 e. The van der Waals surface area contributed by atoms with Crippen LogP contribution in [0.4, 0.5) is 0 Å². The van der Waals surface area contributed by atoms with Crippen LogP contribution < -0.4 is 14.8 Å². The maximum Gasteiger partial charge on any atom is 0.323 e. The molecule has 1 rings (SSSR count). The average molecular weight is 522 g/mol. The van der Waals surface area contributed by atoms with Gasteiger partial charge in [0.2, 0.25) is 0 Å². The molecule has 0 unspecified atom stereocenters. The van der Waals surface area contributed by atoms with Crippen LogP contribution in [0.15, 0.2) is 18.2 Å². The van der Waals surface area contributed by atoms with Crippen LogP contribution in [0.3, 0.4) is 0 Å². The van der Waals surface area contributed by atoms with Gasteiger partial charge in [0.15, 0.2) is 11.5 Å². The molecular formula is C28H43NO8. The molecule has 9 heteroatoms. The Morgan fingerprint density at radius 2 is 1.46 bits per heavy atom. The lowest BCUT2D eigenvalue weighted by atomic mass is 9.97. The normalized spacial score (nSPS) is 12.6. The third kappa shape index (κ3) is 11.8. The summed E-state index contributed by atoms with van der Waals surface area (Å²) in [6.45, 7) is 14.7. The molecule has 0 fully saturated rings. The van der Waals surface area contributed by atoms with E-state index in [0.29, 0.717) is 17.9 Å². The summed E-state index contributed by atoms with van der Waals surface area (Å²) in [5.74, 6) is -1.16. The summed E-state index contributed by atoms with van der Waals surface area (Å²) in [4.78, 5) is 49.3. The molecule has 37 heavy (non-hydrogen) atoms. The minimum Gasteiger partial charge on any atom is -0.468 e. The zero-order valence-corrected chi connectivity index (χ0v) is 23.7. The maximum atomic E-state index is 12.6. The molecule has 0 bridgehead atoms. The Morgan fingerprint density at radius 1 is 0.892 bits per heavy atom. The van der Waals surface area contributed by atoms with Crippen molar-refractivity contribution in [2.75, 3.05) is 20.3 Å². The molecule has 0 spiro atoms. The van der Waals surface area contributed by atoms with Gasteiger partial charge in [-0.3, -0.25) is 19.2 Å². The highest BCUT2D eigenvalue weighted by Gasteiger charge is 2.29. The van der Waals surface area contributed by atoms with Crippen molar-refractivity contribution in [1.82, 2.24) is 5.32 Å². The number of hydrogen-bond donors (Lipinski definition) is 1. The Kier molecular flexibility index (Phi) is 12.2. The predicted molar refractivity (Wildman–Crippen MR) is 139 cm³/mol. The van der Waals surface area contributed by atoms with Gasteiger partial charge in [0.05, 0.1) is 17.9 Å². The monoisotopic (exact) mass is 521 g/mol. The fraction of sp³-hybridized carbons (Fsp3) is 0.643. The number of hydrogen-bond acceptors (Lipinski definition) is 9. The molecular weight excluding hydrogens is 478 g/mol. The highest BCUT2D eigenvalue weighted by atomic mass is 16.6. The van der Waals surface area contributed by atoms with Crippen LogP contribution in [0.25, 0.3) is 0 Å². The number of benzene rings is 1. The van der Waals surface area contributed by atoms with Crippen LogP contribution in [0, 0.1) is 16.7 Å². The van der Waals surface area contributed by atoms with E-state index in [9.17, 15) is 19.2 Å². The van der Waals surface area contributed by atoms with E-state index in [1.165, 1.54) is 13.2 Å². The summed E-state index contributed by atoms with van der Waals surface area (Å²) in [5.41, 5.74) is -0.907. The van der Waals surface area contributed by atoms with Crippen LogP contribution in [0.5, 0.6) is 11.5 Å². The van der Waals surface area contributed by atoms with Crippen LogP contribution in [-0.4, -0.2) is 50.2 Å². The third-order valence-electron chi connectivity index (χ3n) is 5.25. The third-order valence-corrected chi connectivity index (χ3v) is 5.25. The summed E-state index contributed by atoms with van der Waals surface area (Å²) in [7, 11) is 1.29. The van der Waals surface area contributed by atoms with Crippen LogP contribution >= 0.6 is 0 Å². The number of nitrogens with one attached hydrogen (secondary N) is 1. The van der Waals surface area contributed by atoms with Crippen LogP contribution in [0.1, 0.15) is 73.8 Å². The van der Waals surface area contributed by atoms with Gasteiger partial charge in [-0.1, -0.05) is 19.9 Å².